The minimum atomic E-state index is -3.69. The molecular formula is C18H25F2N3O3S. The third kappa shape index (κ3) is 3.39. The first-order chi connectivity index (χ1) is 12.8. The highest BCUT2D eigenvalue weighted by molar-refractivity contribution is 7.89. The molecule has 0 radical (unpaired) electrons. The number of aryl methyl sites for hydroxylation is 1. The van der Waals surface area contributed by atoms with Crippen molar-refractivity contribution in [1.82, 2.24) is 14.2 Å². The van der Waals surface area contributed by atoms with Gasteiger partial charge in [-0.25, -0.2) is 17.2 Å². The van der Waals surface area contributed by atoms with Gasteiger partial charge in [-0.2, -0.15) is 4.31 Å². The van der Waals surface area contributed by atoms with Crippen LogP contribution in [0.4, 0.5) is 8.78 Å². The normalized spacial score (nSPS) is 24.1. The Labute approximate surface area is 158 Å². The highest BCUT2D eigenvalue weighted by Crippen LogP contribution is 2.44. The lowest BCUT2D eigenvalue weighted by molar-refractivity contribution is -0.116. The number of alkyl halides is 2. The van der Waals surface area contributed by atoms with E-state index in [1.54, 1.807) is 6.92 Å². The highest BCUT2D eigenvalue weighted by Gasteiger charge is 2.56. The molecular weight excluding hydrogens is 376 g/mol. The molecule has 1 aromatic rings. The molecule has 150 valence electrons. The van der Waals surface area contributed by atoms with Crippen LogP contribution in [0.1, 0.15) is 37.6 Å². The van der Waals surface area contributed by atoms with E-state index in [0.717, 1.165) is 45.2 Å². The second-order valence-corrected chi connectivity index (χ2v) is 9.76. The molecule has 3 saturated heterocycles. The van der Waals surface area contributed by atoms with Gasteiger partial charge in [-0.1, -0.05) is 6.92 Å². The first-order valence-electron chi connectivity index (χ1n) is 9.44. The first-order valence-corrected chi connectivity index (χ1v) is 10.9. The fraction of sp³-hybridized carbons (Fsp3) is 0.722. The number of halogens is 2. The minimum Gasteiger partial charge on any atom is -0.381 e. The molecule has 0 saturated carbocycles. The van der Waals surface area contributed by atoms with E-state index in [9.17, 15) is 17.2 Å². The molecule has 1 spiro atoms. The second-order valence-electron chi connectivity index (χ2n) is 7.86. The van der Waals surface area contributed by atoms with Gasteiger partial charge in [0.25, 0.3) is 6.43 Å². The summed E-state index contributed by atoms with van der Waals surface area (Å²) in [5, 5.41) is 0. The van der Waals surface area contributed by atoms with Crippen molar-refractivity contribution >= 4 is 10.0 Å². The van der Waals surface area contributed by atoms with E-state index in [0.29, 0.717) is 25.6 Å². The lowest BCUT2D eigenvalue weighted by atomic mass is 9.73. The van der Waals surface area contributed by atoms with Gasteiger partial charge < -0.3 is 4.74 Å². The van der Waals surface area contributed by atoms with Crippen LogP contribution >= 0.6 is 0 Å². The maximum Gasteiger partial charge on any atom is 0.280 e. The van der Waals surface area contributed by atoms with E-state index in [-0.39, 0.29) is 21.7 Å². The monoisotopic (exact) mass is 401 g/mol. The van der Waals surface area contributed by atoms with Gasteiger partial charge in [0.15, 0.2) is 0 Å². The van der Waals surface area contributed by atoms with Crippen molar-refractivity contribution in [2.45, 2.75) is 43.5 Å². The van der Waals surface area contributed by atoms with E-state index in [1.807, 2.05) is 0 Å². The summed E-state index contributed by atoms with van der Waals surface area (Å²) >= 11 is 0. The standard InChI is InChI=1S/C18H25F2N3O3S/c1-2-14-16(4-3-15(21-14)17(19)20)27(24,25)23-11-18(12-23)9-22(10-18)13-5-7-26-8-6-13/h3-4,13,17H,2,5-12H2,1H3. The molecule has 0 amide bonds. The van der Waals surface area contributed by atoms with Crippen molar-refractivity contribution in [1.29, 1.82) is 0 Å². The molecule has 6 nitrogen and oxygen atoms in total. The van der Waals surface area contributed by atoms with Crippen LogP contribution in [0.5, 0.6) is 0 Å². The summed E-state index contributed by atoms with van der Waals surface area (Å²) < 4.78 is 58.5. The van der Waals surface area contributed by atoms with E-state index < -0.39 is 16.4 Å². The number of hydrogen-bond acceptors (Lipinski definition) is 5. The average molecular weight is 401 g/mol. The van der Waals surface area contributed by atoms with E-state index in [1.165, 1.54) is 10.4 Å². The quantitative estimate of drug-likeness (QED) is 0.756. The fourth-order valence-electron chi connectivity index (χ4n) is 4.45. The van der Waals surface area contributed by atoms with Crippen molar-refractivity contribution in [3.05, 3.63) is 23.5 Å². The Bertz CT molecular complexity index is 798. The van der Waals surface area contributed by atoms with Crippen LogP contribution in [0.15, 0.2) is 17.0 Å². The van der Waals surface area contributed by atoms with Crippen molar-refractivity contribution in [2.24, 2.45) is 5.41 Å². The van der Waals surface area contributed by atoms with E-state index >= 15 is 0 Å². The Balaban J connectivity index is 1.42. The summed E-state index contributed by atoms with van der Waals surface area (Å²) in [6.07, 6.45) is -0.322. The van der Waals surface area contributed by atoms with Crippen LogP contribution in [-0.4, -0.2) is 68.0 Å². The van der Waals surface area contributed by atoms with Crippen molar-refractivity contribution in [3.63, 3.8) is 0 Å². The predicted octanol–water partition coefficient (Wildman–Crippen LogP) is 2.07. The highest BCUT2D eigenvalue weighted by atomic mass is 32.2. The number of pyridine rings is 1. The van der Waals surface area contributed by atoms with Crippen LogP contribution in [0.3, 0.4) is 0 Å². The number of nitrogens with zero attached hydrogens (tertiary/aromatic N) is 3. The van der Waals surface area contributed by atoms with Gasteiger partial charge in [0, 0.05) is 50.8 Å². The lowest BCUT2D eigenvalue weighted by Crippen LogP contribution is -2.74. The minimum absolute atomic E-state index is 0.0497. The Kier molecular flexibility index (Phi) is 4.99. The lowest BCUT2D eigenvalue weighted by Gasteiger charge is -2.61. The number of likely N-dealkylation sites (tertiary alicyclic amines) is 1. The molecule has 3 aliphatic rings. The topological polar surface area (TPSA) is 62.7 Å². The molecule has 3 aliphatic heterocycles. The zero-order chi connectivity index (χ0) is 19.2. The smallest absolute Gasteiger partial charge is 0.280 e. The van der Waals surface area contributed by atoms with Gasteiger partial charge in [-0.15, -0.1) is 0 Å². The molecule has 3 fully saturated rings. The zero-order valence-corrected chi connectivity index (χ0v) is 16.2. The van der Waals surface area contributed by atoms with Crippen LogP contribution in [0.25, 0.3) is 0 Å². The third-order valence-corrected chi connectivity index (χ3v) is 7.80. The van der Waals surface area contributed by atoms with E-state index in [2.05, 4.69) is 9.88 Å². The third-order valence-electron chi connectivity index (χ3n) is 5.94. The van der Waals surface area contributed by atoms with Crippen molar-refractivity contribution in [3.8, 4) is 0 Å². The average Bonchev–Trinajstić information content (AvgIpc) is 2.59. The molecule has 0 atom stereocenters. The largest absolute Gasteiger partial charge is 0.381 e. The molecule has 4 rings (SSSR count). The SMILES string of the molecule is CCc1nc(C(F)F)ccc1S(=O)(=O)N1CC2(CN(C3CCOCC3)C2)C1. The maximum atomic E-state index is 13.0. The molecule has 4 heterocycles. The van der Waals surface area contributed by atoms with Crippen LogP contribution < -0.4 is 0 Å². The Morgan fingerprint density at radius 1 is 1.22 bits per heavy atom. The molecule has 27 heavy (non-hydrogen) atoms. The van der Waals surface area contributed by atoms with Crippen LogP contribution in [0, 0.1) is 5.41 Å². The maximum absolute atomic E-state index is 13.0. The number of hydrogen-bond donors (Lipinski definition) is 0. The number of rotatable bonds is 5. The zero-order valence-electron chi connectivity index (χ0n) is 15.4. The molecule has 0 aliphatic carbocycles. The van der Waals surface area contributed by atoms with Crippen molar-refractivity contribution < 1.29 is 21.9 Å². The summed E-state index contributed by atoms with van der Waals surface area (Å²) in [4.78, 5) is 6.36. The fourth-order valence-corrected chi connectivity index (χ4v) is 6.34. The Morgan fingerprint density at radius 3 is 2.48 bits per heavy atom. The molecule has 0 N–H and O–H groups in total. The Morgan fingerprint density at radius 2 is 1.89 bits per heavy atom. The van der Waals surface area contributed by atoms with Crippen molar-refractivity contribution in [2.75, 3.05) is 39.4 Å². The number of aromatic nitrogens is 1. The van der Waals surface area contributed by atoms with Gasteiger partial charge >= 0.3 is 0 Å². The molecule has 0 aromatic carbocycles. The summed E-state index contributed by atoms with van der Waals surface area (Å²) in [5.74, 6) is 0. The summed E-state index contributed by atoms with van der Waals surface area (Å²) in [6.45, 7) is 6.17. The molecule has 0 unspecified atom stereocenters. The summed E-state index contributed by atoms with van der Waals surface area (Å²) in [7, 11) is -3.69. The van der Waals surface area contributed by atoms with Gasteiger partial charge in [0.2, 0.25) is 10.0 Å². The summed E-state index contributed by atoms with van der Waals surface area (Å²) in [6, 6.07) is 2.94. The summed E-state index contributed by atoms with van der Waals surface area (Å²) in [5.41, 5.74) is -0.114. The number of ether oxygens (including phenoxy) is 1. The first kappa shape index (κ1) is 19.2. The van der Waals surface area contributed by atoms with Crippen LogP contribution in [-0.2, 0) is 21.2 Å². The predicted molar refractivity (Wildman–Crippen MR) is 95.2 cm³/mol. The number of sulfonamides is 1. The Hall–Kier alpha value is -1.16. The second kappa shape index (κ2) is 7.02. The molecule has 0 bridgehead atoms. The molecule has 1 aromatic heterocycles. The van der Waals surface area contributed by atoms with Gasteiger partial charge in [-0.05, 0) is 31.4 Å². The van der Waals surface area contributed by atoms with Gasteiger partial charge in [0.1, 0.15) is 10.6 Å². The van der Waals surface area contributed by atoms with Crippen LogP contribution in [0.2, 0.25) is 0 Å². The van der Waals surface area contributed by atoms with E-state index in [4.69, 9.17) is 4.74 Å². The molecule has 9 heteroatoms. The van der Waals surface area contributed by atoms with Gasteiger partial charge in [-0.3, -0.25) is 9.88 Å². The van der Waals surface area contributed by atoms with Gasteiger partial charge in [0.05, 0.1) is 5.69 Å².